The summed E-state index contributed by atoms with van der Waals surface area (Å²) in [5.74, 6) is 0.237. The topological polar surface area (TPSA) is 36.9 Å². The molecule has 73 heavy (non-hydrogen) atoms. The van der Waals surface area contributed by atoms with Crippen molar-refractivity contribution in [3.63, 3.8) is 0 Å². The summed E-state index contributed by atoms with van der Waals surface area (Å²) in [6.07, 6.45) is 21.7. The highest BCUT2D eigenvalue weighted by Crippen LogP contribution is 2.63. The molecule has 0 aromatic heterocycles. The molecule has 0 radical (unpaired) electrons. The van der Waals surface area contributed by atoms with E-state index >= 15 is 0 Å². The Morgan fingerprint density at radius 3 is 1.42 bits per heavy atom. The van der Waals surface area contributed by atoms with Crippen molar-refractivity contribution in [3.8, 4) is 22.3 Å². The van der Waals surface area contributed by atoms with E-state index in [1.807, 2.05) is 0 Å². The predicted octanol–water partition coefficient (Wildman–Crippen LogP) is 16.5. The summed E-state index contributed by atoms with van der Waals surface area (Å²) in [6.45, 7) is 31.2. The van der Waals surface area contributed by atoms with Crippen molar-refractivity contribution in [2.75, 3.05) is 0 Å². The third kappa shape index (κ3) is 9.50. The summed E-state index contributed by atoms with van der Waals surface area (Å²) < 4.78 is 27.4. The second-order valence-electron chi connectivity index (χ2n) is 24.7. The number of aryl methyl sites for hydroxylation is 2. The first kappa shape index (κ1) is 53.6. The zero-order chi connectivity index (χ0) is 52.0. The van der Waals surface area contributed by atoms with Gasteiger partial charge in [-0.05, 0) is 178 Å². The largest absolute Gasteiger partial charge is 0.494 e. The van der Waals surface area contributed by atoms with Crippen LogP contribution in [0.25, 0.3) is 22.3 Å². The Bertz CT molecular complexity index is 2720. The van der Waals surface area contributed by atoms with Crippen LogP contribution in [0.15, 0.2) is 110 Å². The average Bonchev–Trinajstić information content (AvgIpc) is 3.97. The normalized spacial score (nSPS) is 22.0. The number of benzene rings is 5. The molecule has 2 aliphatic carbocycles. The van der Waals surface area contributed by atoms with Gasteiger partial charge in [0.05, 0.1) is 27.8 Å². The molecule has 3 atom stereocenters. The molecule has 386 valence electrons. The van der Waals surface area contributed by atoms with Gasteiger partial charge in [0.2, 0.25) is 0 Å². The van der Waals surface area contributed by atoms with Crippen molar-refractivity contribution in [2.45, 2.75) is 219 Å². The van der Waals surface area contributed by atoms with Crippen molar-refractivity contribution in [1.82, 2.24) is 0 Å². The third-order valence-corrected chi connectivity index (χ3v) is 18.8. The molecule has 0 saturated carbocycles. The minimum atomic E-state index is -0.624. The van der Waals surface area contributed by atoms with Crippen LogP contribution in [-0.4, -0.2) is 36.6 Å². The van der Waals surface area contributed by atoms with Crippen LogP contribution in [0.5, 0.6) is 0 Å². The van der Waals surface area contributed by atoms with Crippen LogP contribution in [0.2, 0.25) is 0 Å². The van der Waals surface area contributed by atoms with E-state index in [1.165, 1.54) is 144 Å². The van der Waals surface area contributed by atoms with E-state index in [2.05, 4.69) is 186 Å². The molecule has 0 spiro atoms. The third-order valence-electron chi connectivity index (χ3n) is 18.8. The van der Waals surface area contributed by atoms with Gasteiger partial charge < -0.3 is 18.6 Å². The highest BCUT2D eigenvalue weighted by molar-refractivity contribution is 6.62. The standard InChI is InChI=1S/C67H88B2O4/c1-14-18-21-23-25-27-42-66(49(17-4)29-26-24-22-19-15-2)58-43-52(68-70-62(6,7)63(8,9)71-68)38-40-54(58)56-46-61-57(45-59(56)66)55-41-39-53(69-72-64(10,11)65(12,13)73-69)44-60(55)67(61,50-34-30-47(5)31-35-50)51-36-32-48(33-37-51)28-20-16-3/h17,30-41,43-46,49H,4,14-16,18-29,42H2,1-3,5-13H3. The van der Waals surface area contributed by atoms with E-state index in [0.29, 0.717) is 0 Å². The molecule has 2 aliphatic heterocycles. The van der Waals surface area contributed by atoms with E-state index < -0.39 is 42.1 Å². The molecule has 4 aliphatic rings. The van der Waals surface area contributed by atoms with Gasteiger partial charge in [-0.1, -0.05) is 194 Å². The molecule has 0 N–H and O–H groups in total. The molecule has 4 nitrogen and oxygen atoms in total. The molecule has 9 rings (SSSR count). The summed E-state index contributed by atoms with van der Waals surface area (Å²) in [5.41, 5.74) is 15.4. The number of hydrogen-bond donors (Lipinski definition) is 0. The number of fused-ring (bicyclic) bond motifs is 6. The van der Waals surface area contributed by atoms with E-state index in [-0.39, 0.29) is 11.3 Å². The van der Waals surface area contributed by atoms with E-state index in [1.54, 1.807) is 0 Å². The number of rotatable bonds is 22. The Kier molecular flexibility index (Phi) is 15.5. The second kappa shape index (κ2) is 21.1. The summed E-state index contributed by atoms with van der Waals surface area (Å²) in [4.78, 5) is 0. The highest BCUT2D eigenvalue weighted by atomic mass is 16.7. The Balaban J connectivity index is 1.32. The van der Waals surface area contributed by atoms with Gasteiger partial charge in [-0.15, -0.1) is 6.58 Å². The molecule has 2 fully saturated rings. The van der Waals surface area contributed by atoms with Gasteiger partial charge in [-0.25, -0.2) is 0 Å². The minimum Gasteiger partial charge on any atom is -0.399 e. The van der Waals surface area contributed by atoms with Crippen molar-refractivity contribution >= 4 is 25.2 Å². The molecule has 6 heteroatoms. The van der Waals surface area contributed by atoms with Crippen LogP contribution in [-0.2, 0) is 35.9 Å². The molecular formula is C67H88B2O4. The molecule has 5 aromatic rings. The van der Waals surface area contributed by atoms with Crippen molar-refractivity contribution < 1.29 is 18.6 Å². The maximum absolute atomic E-state index is 6.86. The molecule has 3 unspecified atom stereocenters. The lowest BCUT2D eigenvalue weighted by molar-refractivity contribution is 0.00578. The Morgan fingerprint density at radius 2 is 0.890 bits per heavy atom. The minimum absolute atomic E-state index is 0.237. The summed E-state index contributed by atoms with van der Waals surface area (Å²) in [6, 6.07) is 38.8. The molecule has 2 saturated heterocycles. The van der Waals surface area contributed by atoms with Gasteiger partial charge in [-0.3, -0.25) is 0 Å². The number of unbranched alkanes of at least 4 members (excludes halogenated alkanes) is 10. The summed E-state index contributed by atoms with van der Waals surface area (Å²) in [7, 11) is -0.941. The zero-order valence-corrected chi connectivity index (χ0v) is 47.2. The first-order valence-corrected chi connectivity index (χ1v) is 28.9. The molecular weight excluding hydrogens is 890 g/mol. The maximum Gasteiger partial charge on any atom is 0.494 e. The van der Waals surface area contributed by atoms with Crippen molar-refractivity contribution in [1.29, 1.82) is 0 Å². The molecule has 2 heterocycles. The van der Waals surface area contributed by atoms with Gasteiger partial charge in [0.15, 0.2) is 0 Å². The van der Waals surface area contributed by atoms with E-state index in [4.69, 9.17) is 25.2 Å². The maximum atomic E-state index is 6.86. The fourth-order valence-corrected chi connectivity index (χ4v) is 13.0. The van der Waals surface area contributed by atoms with Gasteiger partial charge in [-0.2, -0.15) is 0 Å². The van der Waals surface area contributed by atoms with Gasteiger partial charge in [0.25, 0.3) is 0 Å². The summed E-state index contributed by atoms with van der Waals surface area (Å²) in [5, 5.41) is 0. The van der Waals surface area contributed by atoms with E-state index in [0.717, 1.165) is 36.6 Å². The molecule has 5 aromatic carbocycles. The highest BCUT2D eigenvalue weighted by Gasteiger charge is 2.56. The average molecular weight is 979 g/mol. The lowest BCUT2D eigenvalue weighted by Gasteiger charge is -2.40. The fraction of sp³-hybridized carbons (Fsp3) is 0.522. The van der Waals surface area contributed by atoms with Crippen LogP contribution < -0.4 is 10.9 Å². The van der Waals surface area contributed by atoms with E-state index in [9.17, 15) is 0 Å². The SMILES string of the molecule is C=CC(CCCCCCC)C1(CCCCCCCC)c2cc(B3OC(C)(C)C(C)(C)O3)ccc2-c2cc3c(cc21)-c1ccc(B2OC(C)(C)C(C)(C)O2)cc1C3(c1ccc(C)cc1)c1ccc(CCCC)cc1. The fourth-order valence-electron chi connectivity index (χ4n) is 13.0. The van der Waals surface area contributed by atoms with Crippen molar-refractivity contribution in [2.24, 2.45) is 5.92 Å². The van der Waals surface area contributed by atoms with Crippen LogP contribution in [0.3, 0.4) is 0 Å². The second-order valence-corrected chi connectivity index (χ2v) is 24.7. The lowest BCUT2D eigenvalue weighted by atomic mass is 9.62. The van der Waals surface area contributed by atoms with Gasteiger partial charge in [0.1, 0.15) is 0 Å². The number of hydrogen-bond acceptors (Lipinski definition) is 4. The van der Waals surface area contributed by atoms with Crippen LogP contribution in [0, 0.1) is 12.8 Å². The van der Waals surface area contributed by atoms with Gasteiger partial charge >= 0.3 is 14.2 Å². The molecule has 0 bridgehead atoms. The monoisotopic (exact) mass is 979 g/mol. The predicted molar refractivity (Wildman–Crippen MR) is 310 cm³/mol. The Hall–Kier alpha value is -4.19. The lowest BCUT2D eigenvalue weighted by Crippen LogP contribution is -2.41. The summed E-state index contributed by atoms with van der Waals surface area (Å²) >= 11 is 0. The Labute approximate surface area is 443 Å². The number of allylic oxidation sites excluding steroid dienone is 1. The van der Waals surface area contributed by atoms with Crippen LogP contribution >= 0.6 is 0 Å². The quantitative estimate of drug-likeness (QED) is 0.0386. The van der Waals surface area contributed by atoms with Crippen LogP contribution in [0.4, 0.5) is 0 Å². The van der Waals surface area contributed by atoms with Gasteiger partial charge in [0, 0.05) is 5.41 Å². The van der Waals surface area contributed by atoms with Crippen molar-refractivity contribution in [3.05, 3.63) is 154 Å². The zero-order valence-electron chi connectivity index (χ0n) is 47.2. The molecule has 0 amide bonds. The first-order chi connectivity index (χ1) is 34.9. The smallest absolute Gasteiger partial charge is 0.399 e. The first-order valence-electron chi connectivity index (χ1n) is 28.9. The Morgan fingerprint density at radius 1 is 0.466 bits per heavy atom. The van der Waals surface area contributed by atoms with Crippen LogP contribution in [0.1, 0.15) is 217 Å².